The number of esters is 3. The summed E-state index contributed by atoms with van der Waals surface area (Å²) in [4.78, 5) is 38.4. The van der Waals surface area contributed by atoms with Crippen LogP contribution in [-0.2, 0) is 28.6 Å². The first-order valence-electron chi connectivity index (χ1n) is 34.3. The zero-order valence-electron chi connectivity index (χ0n) is 51.6. The number of allylic oxidation sites excluding steroid dienone is 4. The van der Waals surface area contributed by atoms with Gasteiger partial charge in [-0.2, -0.15) is 0 Å². The van der Waals surface area contributed by atoms with Crippen molar-refractivity contribution in [3.05, 3.63) is 24.3 Å². The van der Waals surface area contributed by atoms with Crippen LogP contribution in [0.25, 0.3) is 0 Å². The van der Waals surface area contributed by atoms with Gasteiger partial charge in [0.15, 0.2) is 6.10 Å². The Kier molecular flexibility index (Phi) is 63.6. The Balaban J connectivity index is 4.21. The van der Waals surface area contributed by atoms with E-state index in [4.69, 9.17) is 14.2 Å². The zero-order chi connectivity index (χ0) is 55.0. The van der Waals surface area contributed by atoms with Crippen LogP contribution in [0, 0.1) is 0 Å². The second-order valence-corrected chi connectivity index (χ2v) is 23.4. The highest BCUT2D eigenvalue weighted by Crippen LogP contribution is 2.18. The average Bonchev–Trinajstić information content (AvgIpc) is 3.42. The second kappa shape index (κ2) is 65.4. The predicted octanol–water partition coefficient (Wildman–Crippen LogP) is 23.4. The first-order chi connectivity index (χ1) is 37.5. The molecule has 0 bridgehead atoms. The molecule has 0 spiro atoms. The Labute approximate surface area is 474 Å². The first-order valence-corrected chi connectivity index (χ1v) is 34.3. The zero-order valence-corrected chi connectivity index (χ0v) is 51.6. The number of carbonyl (C=O) groups is 3. The van der Waals surface area contributed by atoms with Gasteiger partial charge < -0.3 is 14.2 Å². The molecule has 0 radical (unpaired) electrons. The van der Waals surface area contributed by atoms with Gasteiger partial charge in [-0.1, -0.05) is 321 Å². The van der Waals surface area contributed by atoms with E-state index in [1.54, 1.807) is 0 Å². The van der Waals surface area contributed by atoms with Gasteiger partial charge >= 0.3 is 17.9 Å². The maximum Gasteiger partial charge on any atom is 0.306 e. The van der Waals surface area contributed by atoms with E-state index < -0.39 is 6.10 Å². The summed E-state index contributed by atoms with van der Waals surface area (Å²) < 4.78 is 17.0. The Morgan fingerprint density at radius 1 is 0.250 bits per heavy atom. The Hall–Kier alpha value is -2.11. The minimum atomic E-state index is -0.770. The highest BCUT2D eigenvalue weighted by atomic mass is 16.6. The lowest BCUT2D eigenvalue weighted by Gasteiger charge is -2.18. The molecular weight excluding hydrogens is 937 g/mol. The van der Waals surface area contributed by atoms with Crippen molar-refractivity contribution in [3.8, 4) is 0 Å². The van der Waals surface area contributed by atoms with E-state index in [1.165, 1.54) is 289 Å². The van der Waals surface area contributed by atoms with E-state index in [0.717, 1.165) is 57.8 Å². The van der Waals surface area contributed by atoms with E-state index in [-0.39, 0.29) is 31.1 Å². The monoisotopic (exact) mass is 1070 g/mol. The molecule has 0 rings (SSSR count). The van der Waals surface area contributed by atoms with Crippen LogP contribution in [0.15, 0.2) is 24.3 Å². The van der Waals surface area contributed by atoms with Crippen molar-refractivity contribution in [2.24, 2.45) is 0 Å². The summed E-state index contributed by atoms with van der Waals surface area (Å²) in [6, 6.07) is 0. The first kappa shape index (κ1) is 73.9. The quantitative estimate of drug-likeness (QED) is 0.0261. The van der Waals surface area contributed by atoms with Gasteiger partial charge in [0.25, 0.3) is 0 Å². The number of carbonyl (C=O) groups excluding carboxylic acids is 3. The molecule has 1 atom stereocenters. The van der Waals surface area contributed by atoms with Crippen LogP contribution < -0.4 is 0 Å². The number of hydrogen-bond donors (Lipinski definition) is 0. The van der Waals surface area contributed by atoms with Gasteiger partial charge in [-0.3, -0.25) is 14.4 Å². The summed E-state index contributed by atoms with van der Waals surface area (Å²) in [6.45, 7) is 6.70. The molecule has 0 aromatic carbocycles. The molecule has 76 heavy (non-hydrogen) atoms. The molecule has 0 aromatic heterocycles. The number of unbranched alkanes of at least 4 members (excludes halogenated alkanes) is 49. The topological polar surface area (TPSA) is 78.9 Å². The Morgan fingerprint density at radius 2 is 0.434 bits per heavy atom. The highest BCUT2D eigenvalue weighted by molar-refractivity contribution is 5.71. The molecule has 0 N–H and O–H groups in total. The lowest BCUT2D eigenvalue weighted by molar-refractivity contribution is -0.167. The summed E-state index contributed by atoms with van der Waals surface area (Å²) in [5, 5.41) is 0. The van der Waals surface area contributed by atoms with E-state index in [9.17, 15) is 14.4 Å². The molecule has 0 amide bonds. The summed E-state index contributed by atoms with van der Waals surface area (Å²) in [5.74, 6) is -0.842. The average molecular weight is 1070 g/mol. The fraction of sp³-hybridized carbons (Fsp3) is 0.900. The molecule has 1 unspecified atom stereocenters. The van der Waals surface area contributed by atoms with E-state index in [2.05, 4.69) is 45.1 Å². The minimum absolute atomic E-state index is 0.0670. The summed E-state index contributed by atoms with van der Waals surface area (Å²) in [5.41, 5.74) is 0. The molecule has 0 aliphatic rings. The van der Waals surface area contributed by atoms with Crippen LogP contribution in [-0.4, -0.2) is 37.2 Å². The number of rotatable bonds is 64. The van der Waals surface area contributed by atoms with Gasteiger partial charge in [-0.15, -0.1) is 0 Å². The highest BCUT2D eigenvalue weighted by Gasteiger charge is 2.19. The Morgan fingerprint density at radius 3 is 0.658 bits per heavy atom. The van der Waals surface area contributed by atoms with Crippen LogP contribution >= 0.6 is 0 Å². The fourth-order valence-electron chi connectivity index (χ4n) is 10.5. The molecule has 0 heterocycles. The summed E-state index contributed by atoms with van der Waals surface area (Å²) in [6.07, 6.45) is 79.1. The lowest BCUT2D eigenvalue weighted by atomic mass is 10.0. The largest absolute Gasteiger partial charge is 0.462 e. The maximum atomic E-state index is 12.9. The third kappa shape index (κ3) is 62.7. The van der Waals surface area contributed by atoms with Gasteiger partial charge in [0.2, 0.25) is 0 Å². The van der Waals surface area contributed by atoms with Crippen molar-refractivity contribution in [1.82, 2.24) is 0 Å². The smallest absolute Gasteiger partial charge is 0.306 e. The predicted molar refractivity (Wildman–Crippen MR) is 330 cm³/mol. The summed E-state index contributed by atoms with van der Waals surface area (Å²) >= 11 is 0. The van der Waals surface area contributed by atoms with Gasteiger partial charge in [-0.05, 0) is 70.6 Å². The molecule has 448 valence electrons. The van der Waals surface area contributed by atoms with Crippen LogP contribution in [0.2, 0.25) is 0 Å². The third-order valence-corrected chi connectivity index (χ3v) is 15.7. The third-order valence-electron chi connectivity index (χ3n) is 15.7. The van der Waals surface area contributed by atoms with Gasteiger partial charge in [0, 0.05) is 19.3 Å². The van der Waals surface area contributed by atoms with Gasteiger partial charge in [0.1, 0.15) is 13.2 Å². The van der Waals surface area contributed by atoms with Crippen molar-refractivity contribution < 1.29 is 28.6 Å². The van der Waals surface area contributed by atoms with Crippen LogP contribution in [0.3, 0.4) is 0 Å². The van der Waals surface area contributed by atoms with E-state index in [1.807, 2.05) is 0 Å². The van der Waals surface area contributed by atoms with Crippen molar-refractivity contribution in [2.45, 2.75) is 393 Å². The normalized spacial score (nSPS) is 12.1. The molecular formula is C70H132O6. The number of ether oxygens (including phenoxy) is 3. The van der Waals surface area contributed by atoms with E-state index in [0.29, 0.717) is 19.3 Å². The number of hydrogen-bond acceptors (Lipinski definition) is 6. The standard InChI is InChI=1S/C70H132O6/c1-4-7-10-13-16-19-22-25-28-30-31-32-33-34-35-36-37-38-39-41-42-45-48-51-54-57-60-63-69(72)75-66-67(65-74-68(71)62-59-56-53-50-47-44-27-24-21-18-15-12-9-6-3)76-70(73)64-61-58-55-52-49-46-43-40-29-26-23-20-17-14-11-8-5-2/h26,29-31,67H,4-25,27-28,32-66H2,1-3H3/b29-26-,31-30-. The molecule has 0 aromatic rings. The second-order valence-electron chi connectivity index (χ2n) is 23.4. The molecule has 0 aliphatic carbocycles. The molecule has 6 nitrogen and oxygen atoms in total. The van der Waals surface area contributed by atoms with Gasteiger partial charge in [-0.25, -0.2) is 0 Å². The molecule has 0 saturated carbocycles. The van der Waals surface area contributed by atoms with Crippen LogP contribution in [0.1, 0.15) is 387 Å². The molecule has 0 fully saturated rings. The van der Waals surface area contributed by atoms with Crippen molar-refractivity contribution in [2.75, 3.05) is 13.2 Å². The SMILES string of the molecule is CCCCCCCC/C=C\CCCCCCCCCC(=O)OC(COC(=O)CCCCCCCCCCCCCCCC)COC(=O)CCCCCCCCCCCCCCCCC/C=C\CCCCCCCCCC. The fourth-order valence-corrected chi connectivity index (χ4v) is 10.5. The molecule has 6 heteroatoms. The Bertz CT molecular complexity index is 1230. The van der Waals surface area contributed by atoms with E-state index >= 15 is 0 Å². The minimum Gasteiger partial charge on any atom is -0.462 e. The van der Waals surface area contributed by atoms with Crippen molar-refractivity contribution in [3.63, 3.8) is 0 Å². The summed E-state index contributed by atoms with van der Waals surface area (Å²) in [7, 11) is 0. The molecule has 0 saturated heterocycles. The lowest BCUT2D eigenvalue weighted by Crippen LogP contribution is -2.30. The van der Waals surface area contributed by atoms with Gasteiger partial charge in [0.05, 0.1) is 0 Å². The maximum absolute atomic E-state index is 12.9. The molecule has 0 aliphatic heterocycles. The van der Waals surface area contributed by atoms with Crippen LogP contribution in [0.4, 0.5) is 0 Å². The van der Waals surface area contributed by atoms with Crippen molar-refractivity contribution in [1.29, 1.82) is 0 Å². The van der Waals surface area contributed by atoms with Crippen LogP contribution in [0.5, 0.6) is 0 Å². The van der Waals surface area contributed by atoms with Crippen molar-refractivity contribution >= 4 is 17.9 Å².